The first kappa shape index (κ1) is 15.8. The predicted molar refractivity (Wildman–Crippen MR) is 85.5 cm³/mol. The van der Waals surface area contributed by atoms with Crippen LogP contribution in [0.5, 0.6) is 0 Å². The van der Waals surface area contributed by atoms with Gasteiger partial charge >= 0.3 is 0 Å². The summed E-state index contributed by atoms with van der Waals surface area (Å²) in [5, 5.41) is 0. The van der Waals surface area contributed by atoms with Crippen molar-refractivity contribution in [1.29, 1.82) is 0 Å². The van der Waals surface area contributed by atoms with Crippen LogP contribution in [0.15, 0.2) is 24.3 Å². The molecule has 0 heterocycles. The van der Waals surface area contributed by atoms with Crippen molar-refractivity contribution in [3.05, 3.63) is 35.4 Å². The number of hydrogen-bond acceptors (Lipinski definition) is 0. The number of alkyl halides is 1. The molecule has 1 heteroatoms. The fraction of sp³-hybridized carbons (Fsp3) is 0.647. The van der Waals surface area contributed by atoms with Crippen molar-refractivity contribution in [1.82, 2.24) is 0 Å². The molecule has 0 N–H and O–H groups in total. The summed E-state index contributed by atoms with van der Waals surface area (Å²) in [5.41, 5.74) is 3.39. The standard InChI is InChI=1S/C17H27Br/c1-7-16(3,4)14-11-9-13(10-12-14)15(18)17(5,6)8-2/h9-12,15H,7-8H2,1-6H3. The smallest absolute Gasteiger partial charge is 0.0446 e. The number of halogens is 1. The normalized spacial score (nSPS) is 14.6. The lowest BCUT2D eigenvalue weighted by Gasteiger charge is -2.30. The summed E-state index contributed by atoms with van der Waals surface area (Å²) in [4.78, 5) is 0.425. The van der Waals surface area contributed by atoms with Gasteiger partial charge in [0.25, 0.3) is 0 Å². The molecule has 1 atom stereocenters. The number of benzene rings is 1. The summed E-state index contributed by atoms with van der Waals surface area (Å²) >= 11 is 3.86. The number of hydrogen-bond donors (Lipinski definition) is 0. The van der Waals surface area contributed by atoms with E-state index in [1.807, 2.05) is 0 Å². The van der Waals surface area contributed by atoms with Gasteiger partial charge in [-0.1, -0.05) is 81.7 Å². The van der Waals surface area contributed by atoms with Crippen LogP contribution in [0.3, 0.4) is 0 Å². The first-order valence-corrected chi connectivity index (χ1v) is 7.90. The summed E-state index contributed by atoms with van der Waals surface area (Å²) in [6.07, 6.45) is 2.34. The van der Waals surface area contributed by atoms with Crippen molar-refractivity contribution in [2.24, 2.45) is 5.41 Å². The molecule has 0 spiro atoms. The molecule has 0 aliphatic rings. The third-order valence-electron chi connectivity index (χ3n) is 4.47. The van der Waals surface area contributed by atoms with E-state index in [1.54, 1.807) is 0 Å². The minimum absolute atomic E-state index is 0.278. The van der Waals surface area contributed by atoms with Crippen LogP contribution in [-0.2, 0) is 5.41 Å². The third kappa shape index (κ3) is 3.38. The maximum Gasteiger partial charge on any atom is 0.0446 e. The monoisotopic (exact) mass is 310 g/mol. The van der Waals surface area contributed by atoms with Crippen LogP contribution in [0, 0.1) is 5.41 Å². The molecule has 0 saturated heterocycles. The molecule has 102 valence electrons. The van der Waals surface area contributed by atoms with Crippen molar-refractivity contribution in [2.75, 3.05) is 0 Å². The summed E-state index contributed by atoms with van der Waals surface area (Å²) < 4.78 is 0. The van der Waals surface area contributed by atoms with Crippen LogP contribution >= 0.6 is 15.9 Å². The highest BCUT2D eigenvalue weighted by Crippen LogP contribution is 2.43. The molecule has 1 rings (SSSR count). The molecule has 0 aliphatic carbocycles. The van der Waals surface area contributed by atoms with Gasteiger partial charge in [-0.25, -0.2) is 0 Å². The molecular weight excluding hydrogens is 284 g/mol. The highest BCUT2D eigenvalue weighted by molar-refractivity contribution is 9.09. The lowest BCUT2D eigenvalue weighted by atomic mass is 9.80. The lowest BCUT2D eigenvalue weighted by molar-refractivity contribution is 0.346. The van der Waals surface area contributed by atoms with Crippen LogP contribution in [0.1, 0.15) is 70.3 Å². The first-order chi connectivity index (χ1) is 8.24. The van der Waals surface area contributed by atoms with Gasteiger partial charge in [0.05, 0.1) is 0 Å². The highest BCUT2D eigenvalue weighted by atomic mass is 79.9. The largest absolute Gasteiger partial charge is 0.0833 e. The van der Waals surface area contributed by atoms with Gasteiger partial charge in [-0.3, -0.25) is 0 Å². The van der Waals surface area contributed by atoms with Crippen molar-refractivity contribution >= 4 is 15.9 Å². The van der Waals surface area contributed by atoms with E-state index in [4.69, 9.17) is 0 Å². The zero-order valence-electron chi connectivity index (χ0n) is 12.7. The topological polar surface area (TPSA) is 0 Å². The molecule has 0 aromatic heterocycles. The van der Waals surface area contributed by atoms with Gasteiger partial charge in [-0.15, -0.1) is 0 Å². The Bertz CT molecular complexity index is 373. The molecule has 1 unspecified atom stereocenters. The zero-order chi connectivity index (χ0) is 14.0. The van der Waals surface area contributed by atoms with Crippen LogP contribution in [0.25, 0.3) is 0 Å². The fourth-order valence-corrected chi connectivity index (χ4v) is 2.57. The molecule has 0 nitrogen and oxygen atoms in total. The molecular formula is C17H27Br. The molecule has 0 fully saturated rings. The van der Waals surface area contributed by atoms with Gasteiger partial charge in [0.1, 0.15) is 0 Å². The lowest BCUT2D eigenvalue weighted by Crippen LogP contribution is -2.18. The number of rotatable bonds is 5. The molecule has 1 aromatic rings. The van der Waals surface area contributed by atoms with Gasteiger partial charge < -0.3 is 0 Å². The molecule has 0 bridgehead atoms. The van der Waals surface area contributed by atoms with E-state index in [0.29, 0.717) is 10.2 Å². The molecule has 1 aromatic carbocycles. The van der Waals surface area contributed by atoms with Crippen LogP contribution < -0.4 is 0 Å². The van der Waals surface area contributed by atoms with Gasteiger partial charge in [0.2, 0.25) is 0 Å². The summed E-state index contributed by atoms with van der Waals surface area (Å²) in [6.45, 7) is 13.8. The van der Waals surface area contributed by atoms with E-state index < -0.39 is 0 Å². The van der Waals surface area contributed by atoms with E-state index in [0.717, 1.165) is 0 Å². The maximum absolute atomic E-state index is 3.86. The first-order valence-electron chi connectivity index (χ1n) is 6.99. The maximum atomic E-state index is 3.86. The average molecular weight is 311 g/mol. The Labute approximate surface area is 121 Å². The molecule has 0 amide bonds. The SMILES string of the molecule is CCC(C)(C)c1ccc(C(Br)C(C)(C)CC)cc1. The van der Waals surface area contributed by atoms with Gasteiger partial charge in [-0.2, -0.15) is 0 Å². The minimum atomic E-state index is 0.278. The Morgan fingerprint density at radius 2 is 1.44 bits per heavy atom. The second kappa shape index (κ2) is 5.77. The van der Waals surface area contributed by atoms with Gasteiger partial charge in [-0.05, 0) is 34.8 Å². The van der Waals surface area contributed by atoms with E-state index >= 15 is 0 Å². The van der Waals surface area contributed by atoms with Gasteiger partial charge in [0, 0.05) is 4.83 Å². The Hall–Kier alpha value is -0.300. The molecule has 0 aliphatic heterocycles. The zero-order valence-corrected chi connectivity index (χ0v) is 14.3. The second-order valence-electron chi connectivity index (χ2n) is 6.56. The molecule has 0 radical (unpaired) electrons. The fourth-order valence-electron chi connectivity index (χ4n) is 1.94. The van der Waals surface area contributed by atoms with E-state index in [9.17, 15) is 0 Å². The molecule has 0 saturated carbocycles. The Balaban J connectivity index is 2.97. The second-order valence-corrected chi connectivity index (χ2v) is 7.48. The van der Waals surface area contributed by atoms with Crippen molar-refractivity contribution in [3.8, 4) is 0 Å². The molecule has 18 heavy (non-hydrogen) atoms. The minimum Gasteiger partial charge on any atom is -0.0833 e. The quantitative estimate of drug-likeness (QED) is 0.564. The average Bonchev–Trinajstić information content (AvgIpc) is 2.38. The van der Waals surface area contributed by atoms with Crippen molar-refractivity contribution in [2.45, 2.75) is 64.6 Å². The Morgan fingerprint density at radius 3 is 1.83 bits per heavy atom. The van der Waals surface area contributed by atoms with Crippen molar-refractivity contribution < 1.29 is 0 Å². The highest BCUT2D eigenvalue weighted by Gasteiger charge is 2.27. The van der Waals surface area contributed by atoms with Crippen LogP contribution in [-0.4, -0.2) is 0 Å². The van der Waals surface area contributed by atoms with Crippen LogP contribution in [0.4, 0.5) is 0 Å². The summed E-state index contributed by atoms with van der Waals surface area (Å²) in [6, 6.07) is 9.14. The van der Waals surface area contributed by atoms with E-state index in [1.165, 1.54) is 24.0 Å². The predicted octanol–water partition coefficient (Wildman–Crippen LogP) is 6.25. The van der Waals surface area contributed by atoms with Gasteiger partial charge in [0.15, 0.2) is 0 Å². The van der Waals surface area contributed by atoms with Crippen LogP contribution in [0.2, 0.25) is 0 Å². The third-order valence-corrected chi connectivity index (χ3v) is 6.23. The Morgan fingerprint density at radius 1 is 0.944 bits per heavy atom. The van der Waals surface area contributed by atoms with E-state index in [-0.39, 0.29) is 5.41 Å². The van der Waals surface area contributed by atoms with E-state index in [2.05, 4.69) is 81.7 Å². The van der Waals surface area contributed by atoms with Crippen molar-refractivity contribution in [3.63, 3.8) is 0 Å². The Kier molecular flexibility index (Phi) is 5.05. The summed E-state index contributed by atoms with van der Waals surface area (Å²) in [7, 11) is 0. The summed E-state index contributed by atoms with van der Waals surface area (Å²) in [5.74, 6) is 0.